The summed E-state index contributed by atoms with van der Waals surface area (Å²) in [6, 6.07) is 1.21. The molecule has 0 aromatic rings. The topological polar surface area (TPSA) is 38.0 Å². The molecule has 3 N–H and O–H groups in total. The molecule has 94 valence electrons. The van der Waals surface area contributed by atoms with E-state index in [9.17, 15) is 0 Å². The molecule has 0 heterocycles. The van der Waals surface area contributed by atoms with E-state index >= 15 is 0 Å². The van der Waals surface area contributed by atoms with Crippen LogP contribution < -0.4 is 11.1 Å². The van der Waals surface area contributed by atoms with E-state index < -0.39 is 0 Å². The fraction of sp³-hybridized carbons (Fsp3) is 1.00. The van der Waals surface area contributed by atoms with E-state index in [0.29, 0.717) is 10.8 Å². The summed E-state index contributed by atoms with van der Waals surface area (Å²) in [6.07, 6.45) is 13.0. The van der Waals surface area contributed by atoms with Crippen molar-refractivity contribution in [2.45, 2.75) is 68.2 Å². The van der Waals surface area contributed by atoms with Gasteiger partial charge in [-0.3, -0.25) is 0 Å². The molecule has 0 spiro atoms. The summed E-state index contributed by atoms with van der Waals surface area (Å²) in [7, 11) is 0. The molecule has 0 amide bonds. The lowest BCUT2D eigenvalue weighted by Crippen LogP contribution is -2.43. The summed E-state index contributed by atoms with van der Waals surface area (Å²) < 4.78 is 0.555. The van der Waals surface area contributed by atoms with Crippen LogP contribution in [-0.4, -0.2) is 29.6 Å². The lowest BCUT2D eigenvalue weighted by molar-refractivity contribution is 0.332. The third kappa shape index (κ3) is 3.14. The van der Waals surface area contributed by atoms with Crippen LogP contribution in [0.3, 0.4) is 0 Å². The Balaban J connectivity index is 1.73. The SMILES string of the molecule is CSC1(CNC2CCC(N)CC2)CCCC1. The molecule has 2 fully saturated rings. The van der Waals surface area contributed by atoms with Gasteiger partial charge in [-0.15, -0.1) is 0 Å². The Hall–Kier alpha value is 0.270. The summed E-state index contributed by atoms with van der Waals surface area (Å²) in [5, 5.41) is 3.80. The second-order valence-corrected chi connectivity index (χ2v) is 6.86. The Morgan fingerprint density at radius 2 is 1.81 bits per heavy atom. The first-order chi connectivity index (χ1) is 7.74. The highest BCUT2D eigenvalue weighted by Crippen LogP contribution is 2.39. The zero-order chi connectivity index (χ0) is 11.4. The Bertz CT molecular complexity index is 206. The molecule has 2 aliphatic rings. The van der Waals surface area contributed by atoms with Gasteiger partial charge in [0.1, 0.15) is 0 Å². The quantitative estimate of drug-likeness (QED) is 0.795. The minimum atomic E-state index is 0.471. The van der Waals surface area contributed by atoms with E-state index in [1.807, 2.05) is 0 Å². The summed E-state index contributed by atoms with van der Waals surface area (Å²) in [6.45, 7) is 1.22. The predicted octanol–water partition coefficient (Wildman–Crippen LogP) is 2.52. The van der Waals surface area contributed by atoms with Gasteiger partial charge < -0.3 is 11.1 Å². The molecule has 2 rings (SSSR count). The average molecular weight is 242 g/mol. The Labute approximate surface area is 104 Å². The maximum absolute atomic E-state index is 5.94. The lowest BCUT2D eigenvalue weighted by Gasteiger charge is -2.32. The third-order valence-electron chi connectivity index (χ3n) is 4.43. The van der Waals surface area contributed by atoms with Crippen molar-refractivity contribution in [2.75, 3.05) is 12.8 Å². The van der Waals surface area contributed by atoms with Gasteiger partial charge in [0.05, 0.1) is 0 Å². The average Bonchev–Trinajstić information content (AvgIpc) is 2.78. The van der Waals surface area contributed by atoms with E-state index in [0.717, 1.165) is 6.04 Å². The van der Waals surface area contributed by atoms with Crippen molar-refractivity contribution in [1.82, 2.24) is 5.32 Å². The number of rotatable bonds is 4. The fourth-order valence-electron chi connectivity index (χ4n) is 3.13. The summed E-state index contributed by atoms with van der Waals surface area (Å²) in [4.78, 5) is 0. The van der Waals surface area contributed by atoms with Crippen molar-refractivity contribution >= 4 is 11.8 Å². The van der Waals surface area contributed by atoms with E-state index in [1.165, 1.54) is 57.9 Å². The molecule has 0 atom stereocenters. The van der Waals surface area contributed by atoms with Crippen molar-refractivity contribution in [2.24, 2.45) is 5.73 Å². The standard InChI is InChI=1S/C13H26N2S/c1-16-13(8-2-3-9-13)10-15-12-6-4-11(14)5-7-12/h11-12,15H,2-10,14H2,1H3. The first kappa shape index (κ1) is 12.7. The molecule has 2 nitrogen and oxygen atoms in total. The monoisotopic (exact) mass is 242 g/mol. The van der Waals surface area contributed by atoms with E-state index in [1.54, 1.807) is 0 Å². The minimum absolute atomic E-state index is 0.471. The van der Waals surface area contributed by atoms with Crippen LogP contribution in [0.25, 0.3) is 0 Å². The first-order valence-electron chi connectivity index (χ1n) is 6.78. The zero-order valence-electron chi connectivity index (χ0n) is 10.5. The molecule has 3 heteroatoms. The van der Waals surface area contributed by atoms with Gasteiger partial charge in [0.2, 0.25) is 0 Å². The van der Waals surface area contributed by atoms with Gasteiger partial charge in [0, 0.05) is 23.4 Å². The van der Waals surface area contributed by atoms with E-state index in [4.69, 9.17) is 5.73 Å². The first-order valence-corrected chi connectivity index (χ1v) is 8.01. The van der Waals surface area contributed by atoms with E-state index in [-0.39, 0.29) is 0 Å². The number of hydrogen-bond acceptors (Lipinski definition) is 3. The number of hydrogen-bond donors (Lipinski definition) is 2. The predicted molar refractivity (Wildman–Crippen MR) is 72.9 cm³/mol. The van der Waals surface area contributed by atoms with Gasteiger partial charge in [0.25, 0.3) is 0 Å². The second kappa shape index (κ2) is 5.74. The lowest BCUT2D eigenvalue weighted by atomic mass is 9.91. The van der Waals surface area contributed by atoms with Gasteiger partial charge in [-0.25, -0.2) is 0 Å². The number of nitrogens with two attached hydrogens (primary N) is 1. The van der Waals surface area contributed by atoms with Crippen molar-refractivity contribution in [3.8, 4) is 0 Å². The Morgan fingerprint density at radius 1 is 1.19 bits per heavy atom. The molecule has 0 bridgehead atoms. The molecular weight excluding hydrogens is 216 g/mol. The highest BCUT2D eigenvalue weighted by Gasteiger charge is 2.33. The van der Waals surface area contributed by atoms with Crippen molar-refractivity contribution in [3.63, 3.8) is 0 Å². The smallest absolute Gasteiger partial charge is 0.0281 e. The van der Waals surface area contributed by atoms with Crippen LogP contribution >= 0.6 is 11.8 Å². The molecule has 0 unspecified atom stereocenters. The highest BCUT2D eigenvalue weighted by atomic mass is 32.2. The maximum Gasteiger partial charge on any atom is 0.0281 e. The second-order valence-electron chi connectivity index (χ2n) is 5.59. The van der Waals surface area contributed by atoms with Crippen LogP contribution in [0.4, 0.5) is 0 Å². The fourth-order valence-corrected chi connectivity index (χ4v) is 4.05. The minimum Gasteiger partial charge on any atom is -0.328 e. The molecule has 0 saturated heterocycles. The van der Waals surface area contributed by atoms with Gasteiger partial charge in [-0.2, -0.15) is 11.8 Å². The number of nitrogens with one attached hydrogen (secondary N) is 1. The summed E-state index contributed by atoms with van der Waals surface area (Å²) in [5.74, 6) is 0. The van der Waals surface area contributed by atoms with Gasteiger partial charge >= 0.3 is 0 Å². The molecular formula is C13H26N2S. The maximum atomic E-state index is 5.94. The van der Waals surface area contributed by atoms with E-state index in [2.05, 4.69) is 23.3 Å². The van der Waals surface area contributed by atoms with Crippen LogP contribution in [0.5, 0.6) is 0 Å². The zero-order valence-corrected chi connectivity index (χ0v) is 11.3. The Kier molecular flexibility index (Phi) is 4.57. The molecule has 0 aromatic carbocycles. The normalized spacial score (nSPS) is 34.1. The van der Waals surface area contributed by atoms with Gasteiger partial charge in [-0.05, 0) is 44.8 Å². The van der Waals surface area contributed by atoms with Crippen LogP contribution in [0.15, 0.2) is 0 Å². The summed E-state index contributed by atoms with van der Waals surface area (Å²) in [5.41, 5.74) is 5.94. The largest absolute Gasteiger partial charge is 0.328 e. The third-order valence-corrected chi connectivity index (χ3v) is 5.85. The number of thioether (sulfide) groups is 1. The Morgan fingerprint density at radius 3 is 2.38 bits per heavy atom. The molecule has 0 aromatic heterocycles. The van der Waals surface area contributed by atoms with Crippen LogP contribution in [0.1, 0.15) is 51.4 Å². The van der Waals surface area contributed by atoms with Crippen LogP contribution in [0.2, 0.25) is 0 Å². The molecule has 0 aliphatic heterocycles. The van der Waals surface area contributed by atoms with Crippen molar-refractivity contribution in [1.29, 1.82) is 0 Å². The van der Waals surface area contributed by atoms with Gasteiger partial charge in [0.15, 0.2) is 0 Å². The van der Waals surface area contributed by atoms with Gasteiger partial charge in [-0.1, -0.05) is 12.8 Å². The van der Waals surface area contributed by atoms with Crippen molar-refractivity contribution < 1.29 is 0 Å². The highest BCUT2D eigenvalue weighted by molar-refractivity contribution is 8.00. The van der Waals surface area contributed by atoms with Crippen LogP contribution in [0, 0.1) is 0 Å². The van der Waals surface area contributed by atoms with Crippen LogP contribution in [-0.2, 0) is 0 Å². The molecule has 2 saturated carbocycles. The summed E-state index contributed by atoms with van der Waals surface area (Å²) >= 11 is 2.08. The molecule has 16 heavy (non-hydrogen) atoms. The molecule has 0 radical (unpaired) electrons. The van der Waals surface area contributed by atoms with Crippen molar-refractivity contribution in [3.05, 3.63) is 0 Å². The molecule has 2 aliphatic carbocycles.